The highest BCUT2D eigenvalue weighted by atomic mass is 16.5. The molecule has 4 heteroatoms. The molecule has 15 heavy (non-hydrogen) atoms. The number of carbonyl (C=O) groups is 2. The molecule has 1 fully saturated rings. The number of amides is 1. The Bertz CT molecular complexity index is 244. The molecule has 0 saturated heterocycles. The number of carbonyl (C=O) groups excluding carboxylic acids is 2. The molecular formula is C11H19NO3. The molecule has 0 bridgehead atoms. The van der Waals surface area contributed by atoms with Crippen LogP contribution in [0.4, 0.5) is 0 Å². The summed E-state index contributed by atoms with van der Waals surface area (Å²) in [4.78, 5) is 21.9. The second kappa shape index (κ2) is 5.14. The fraction of sp³-hybridized carbons (Fsp3) is 0.818. The monoisotopic (exact) mass is 213 g/mol. The van der Waals surface area contributed by atoms with Gasteiger partial charge in [0.1, 0.15) is 6.61 Å². The van der Waals surface area contributed by atoms with Crippen LogP contribution >= 0.6 is 0 Å². The van der Waals surface area contributed by atoms with E-state index in [1.807, 2.05) is 0 Å². The molecule has 1 aliphatic rings. The Morgan fingerprint density at radius 1 is 1.20 bits per heavy atom. The van der Waals surface area contributed by atoms with E-state index in [1.54, 1.807) is 0 Å². The number of hydrogen-bond donors (Lipinski definition) is 1. The molecule has 1 amide bonds. The molecule has 0 aliphatic heterocycles. The van der Waals surface area contributed by atoms with Crippen LogP contribution in [-0.4, -0.2) is 24.0 Å². The predicted octanol–water partition coefficient (Wildman–Crippen LogP) is 1.39. The van der Waals surface area contributed by atoms with E-state index in [4.69, 9.17) is 4.74 Å². The Morgan fingerprint density at radius 3 is 2.27 bits per heavy atom. The van der Waals surface area contributed by atoms with E-state index >= 15 is 0 Å². The normalized spacial score (nSPS) is 19.3. The molecule has 0 heterocycles. The second-order valence-electron chi connectivity index (χ2n) is 4.30. The average Bonchev–Trinajstić information content (AvgIpc) is 2.15. The number of nitrogens with one attached hydrogen (secondary N) is 1. The lowest BCUT2D eigenvalue weighted by Gasteiger charge is -2.37. The highest BCUT2D eigenvalue weighted by Gasteiger charge is 2.33. The first kappa shape index (κ1) is 12.0. The van der Waals surface area contributed by atoms with Gasteiger partial charge in [-0.3, -0.25) is 9.59 Å². The van der Waals surface area contributed by atoms with Gasteiger partial charge < -0.3 is 10.1 Å². The Hall–Kier alpha value is -1.06. The summed E-state index contributed by atoms with van der Waals surface area (Å²) < 4.78 is 5.03. The highest BCUT2D eigenvalue weighted by molar-refractivity contribution is 5.74. The summed E-state index contributed by atoms with van der Waals surface area (Å²) in [5.41, 5.74) is -0.310. The first-order valence-corrected chi connectivity index (χ1v) is 5.46. The van der Waals surface area contributed by atoms with Gasteiger partial charge in [0.15, 0.2) is 0 Å². The topological polar surface area (TPSA) is 55.4 Å². The third kappa shape index (κ3) is 3.90. The van der Waals surface area contributed by atoms with Gasteiger partial charge in [-0.2, -0.15) is 0 Å². The van der Waals surface area contributed by atoms with Crippen LogP contribution in [0.15, 0.2) is 0 Å². The van der Waals surface area contributed by atoms with Crippen molar-refractivity contribution in [3.05, 3.63) is 0 Å². The smallest absolute Gasteiger partial charge is 0.302 e. The van der Waals surface area contributed by atoms with Crippen molar-refractivity contribution in [2.24, 2.45) is 0 Å². The Morgan fingerprint density at radius 2 is 1.80 bits per heavy atom. The van der Waals surface area contributed by atoms with Crippen molar-refractivity contribution in [1.82, 2.24) is 5.32 Å². The van der Waals surface area contributed by atoms with Crippen molar-refractivity contribution in [1.29, 1.82) is 0 Å². The van der Waals surface area contributed by atoms with E-state index < -0.39 is 0 Å². The molecule has 0 aromatic rings. The maximum Gasteiger partial charge on any atom is 0.302 e. The van der Waals surface area contributed by atoms with Gasteiger partial charge in [-0.1, -0.05) is 19.3 Å². The Labute approximate surface area is 90.4 Å². The van der Waals surface area contributed by atoms with Crippen LogP contribution in [0.25, 0.3) is 0 Å². The van der Waals surface area contributed by atoms with Gasteiger partial charge in [0, 0.05) is 13.8 Å². The molecule has 1 saturated carbocycles. The van der Waals surface area contributed by atoms with Crippen LogP contribution in [-0.2, 0) is 14.3 Å². The average molecular weight is 213 g/mol. The SMILES string of the molecule is CC(=O)NC1(COC(C)=O)CCCCC1. The number of esters is 1. The molecule has 0 atom stereocenters. The van der Waals surface area contributed by atoms with Crippen molar-refractivity contribution in [2.75, 3.05) is 6.61 Å². The zero-order valence-corrected chi connectivity index (χ0v) is 9.47. The van der Waals surface area contributed by atoms with Gasteiger partial charge in [-0.15, -0.1) is 0 Å². The quantitative estimate of drug-likeness (QED) is 0.721. The summed E-state index contributed by atoms with van der Waals surface area (Å²) in [6.45, 7) is 3.20. The van der Waals surface area contributed by atoms with Crippen molar-refractivity contribution >= 4 is 11.9 Å². The lowest BCUT2D eigenvalue weighted by molar-refractivity contribution is -0.145. The van der Waals surface area contributed by atoms with Crippen LogP contribution < -0.4 is 5.32 Å². The van der Waals surface area contributed by atoms with Crippen molar-refractivity contribution in [3.63, 3.8) is 0 Å². The molecule has 0 aromatic heterocycles. The van der Waals surface area contributed by atoms with E-state index in [0.717, 1.165) is 25.7 Å². The van der Waals surface area contributed by atoms with Gasteiger partial charge in [0.05, 0.1) is 5.54 Å². The molecule has 0 aromatic carbocycles. The van der Waals surface area contributed by atoms with Gasteiger partial charge in [0.25, 0.3) is 0 Å². The van der Waals surface area contributed by atoms with Crippen LogP contribution in [0.2, 0.25) is 0 Å². The summed E-state index contributed by atoms with van der Waals surface area (Å²) in [7, 11) is 0. The fourth-order valence-corrected chi connectivity index (χ4v) is 2.15. The summed E-state index contributed by atoms with van der Waals surface area (Å²) >= 11 is 0. The minimum Gasteiger partial charge on any atom is -0.463 e. The molecule has 4 nitrogen and oxygen atoms in total. The minimum atomic E-state index is -0.310. The Kier molecular flexibility index (Phi) is 4.12. The lowest BCUT2D eigenvalue weighted by atomic mass is 9.82. The molecule has 1 N–H and O–H groups in total. The molecule has 0 unspecified atom stereocenters. The fourth-order valence-electron chi connectivity index (χ4n) is 2.15. The molecule has 0 radical (unpaired) electrons. The van der Waals surface area contributed by atoms with Crippen molar-refractivity contribution in [2.45, 2.75) is 51.5 Å². The Balaban J connectivity index is 2.57. The van der Waals surface area contributed by atoms with Crippen LogP contribution in [0.1, 0.15) is 46.0 Å². The molecular weight excluding hydrogens is 194 g/mol. The maximum atomic E-state index is 11.1. The largest absolute Gasteiger partial charge is 0.463 e. The lowest BCUT2D eigenvalue weighted by Crippen LogP contribution is -2.52. The third-order valence-corrected chi connectivity index (χ3v) is 2.80. The van der Waals surface area contributed by atoms with E-state index in [1.165, 1.54) is 20.3 Å². The van der Waals surface area contributed by atoms with Crippen LogP contribution in [0.3, 0.4) is 0 Å². The van der Waals surface area contributed by atoms with E-state index in [-0.39, 0.29) is 17.4 Å². The van der Waals surface area contributed by atoms with Gasteiger partial charge in [-0.05, 0) is 12.8 Å². The minimum absolute atomic E-state index is 0.0518. The van der Waals surface area contributed by atoms with Crippen LogP contribution in [0, 0.1) is 0 Å². The molecule has 1 rings (SSSR count). The van der Waals surface area contributed by atoms with E-state index in [0.29, 0.717) is 6.61 Å². The van der Waals surface area contributed by atoms with E-state index in [2.05, 4.69) is 5.32 Å². The summed E-state index contributed by atoms with van der Waals surface area (Å²) in [5, 5.41) is 2.93. The zero-order chi connectivity index (χ0) is 11.3. The summed E-state index contributed by atoms with van der Waals surface area (Å²) in [6, 6.07) is 0. The third-order valence-electron chi connectivity index (χ3n) is 2.80. The first-order chi connectivity index (χ1) is 7.04. The molecule has 86 valence electrons. The molecule has 1 aliphatic carbocycles. The first-order valence-electron chi connectivity index (χ1n) is 5.46. The van der Waals surface area contributed by atoms with Crippen LogP contribution in [0.5, 0.6) is 0 Å². The number of rotatable bonds is 3. The van der Waals surface area contributed by atoms with Gasteiger partial charge in [-0.25, -0.2) is 0 Å². The van der Waals surface area contributed by atoms with Gasteiger partial charge >= 0.3 is 5.97 Å². The van der Waals surface area contributed by atoms with Crippen molar-refractivity contribution in [3.8, 4) is 0 Å². The highest BCUT2D eigenvalue weighted by Crippen LogP contribution is 2.28. The summed E-state index contributed by atoms with van der Waals surface area (Å²) in [6.07, 6.45) is 5.17. The molecule has 0 spiro atoms. The standard InChI is InChI=1S/C11H19NO3/c1-9(13)12-11(8-15-10(2)14)6-4-3-5-7-11/h3-8H2,1-2H3,(H,12,13). The number of hydrogen-bond acceptors (Lipinski definition) is 3. The number of ether oxygens (including phenoxy) is 1. The maximum absolute atomic E-state index is 11.1. The zero-order valence-electron chi connectivity index (χ0n) is 9.47. The summed E-state index contributed by atoms with van der Waals surface area (Å²) in [5.74, 6) is -0.339. The van der Waals surface area contributed by atoms with Gasteiger partial charge in [0.2, 0.25) is 5.91 Å². The predicted molar refractivity (Wildman–Crippen MR) is 56.3 cm³/mol. The van der Waals surface area contributed by atoms with E-state index in [9.17, 15) is 9.59 Å². The second-order valence-corrected chi connectivity index (χ2v) is 4.30. The van der Waals surface area contributed by atoms with Crippen molar-refractivity contribution < 1.29 is 14.3 Å².